The number of hydrogen-bond acceptors (Lipinski definition) is 4. The number of carbonyl (C=O) groups is 2. The van der Waals surface area contributed by atoms with Gasteiger partial charge >= 0.3 is 11.8 Å². The van der Waals surface area contributed by atoms with Crippen LogP contribution in [0.1, 0.15) is 43.6 Å². The molecule has 2 saturated carbocycles. The minimum Gasteiger partial charge on any atom is -0.460 e. The molecular weight excluding hydrogens is 258 g/mol. The fourth-order valence-electron chi connectivity index (χ4n) is 2.04. The first-order valence-corrected chi connectivity index (χ1v) is 6.87. The van der Waals surface area contributed by atoms with Gasteiger partial charge in [-0.2, -0.15) is 5.10 Å². The maximum absolute atomic E-state index is 11.4. The average Bonchev–Trinajstić information content (AvgIpc) is 3.32. The summed E-state index contributed by atoms with van der Waals surface area (Å²) in [6.07, 6.45) is 4.44. The van der Waals surface area contributed by atoms with Gasteiger partial charge in [0.05, 0.1) is 6.21 Å². The minimum absolute atomic E-state index is 0.158. The second kappa shape index (κ2) is 5.11. The van der Waals surface area contributed by atoms with Crippen molar-refractivity contribution >= 4 is 18.0 Å². The van der Waals surface area contributed by atoms with Crippen molar-refractivity contribution in [3.05, 3.63) is 23.7 Å². The Morgan fingerprint density at radius 1 is 1.35 bits per heavy atom. The van der Waals surface area contributed by atoms with Crippen molar-refractivity contribution in [3.8, 4) is 0 Å². The zero-order chi connectivity index (χ0) is 14.1. The Balaban J connectivity index is 1.48. The summed E-state index contributed by atoms with van der Waals surface area (Å²) in [6.45, 7) is 2.18. The van der Waals surface area contributed by atoms with Gasteiger partial charge in [0.25, 0.3) is 0 Å². The highest BCUT2D eigenvalue weighted by atomic mass is 16.3. The molecule has 0 spiro atoms. The smallest absolute Gasteiger partial charge is 0.329 e. The topological polar surface area (TPSA) is 83.7 Å². The van der Waals surface area contributed by atoms with Crippen molar-refractivity contribution in [2.75, 3.05) is 0 Å². The monoisotopic (exact) mass is 275 g/mol. The number of furan rings is 1. The van der Waals surface area contributed by atoms with Gasteiger partial charge in [-0.3, -0.25) is 9.59 Å². The summed E-state index contributed by atoms with van der Waals surface area (Å²) in [7, 11) is 0. The molecule has 1 aromatic heterocycles. The molecule has 2 aliphatic rings. The number of amides is 2. The van der Waals surface area contributed by atoms with E-state index in [-0.39, 0.29) is 6.04 Å². The molecule has 0 bridgehead atoms. The first-order valence-electron chi connectivity index (χ1n) is 6.87. The quantitative estimate of drug-likeness (QED) is 0.491. The van der Waals surface area contributed by atoms with E-state index in [1.807, 2.05) is 6.07 Å². The highest BCUT2D eigenvalue weighted by molar-refractivity contribution is 6.35. The third-order valence-corrected chi connectivity index (χ3v) is 3.60. The Morgan fingerprint density at radius 3 is 2.75 bits per heavy atom. The predicted molar refractivity (Wildman–Crippen MR) is 72.1 cm³/mol. The minimum atomic E-state index is -0.754. The van der Waals surface area contributed by atoms with Gasteiger partial charge in [-0.25, -0.2) is 5.43 Å². The Hall–Kier alpha value is -2.11. The lowest BCUT2D eigenvalue weighted by Gasteiger charge is -2.00. The van der Waals surface area contributed by atoms with E-state index >= 15 is 0 Å². The molecule has 20 heavy (non-hydrogen) atoms. The lowest BCUT2D eigenvalue weighted by Crippen LogP contribution is -2.38. The third-order valence-electron chi connectivity index (χ3n) is 3.60. The number of hydrogen-bond donors (Lipinski definition) is 2. The van der Waals surface area contributed by atoms with Gasteiger partial charge in [0.1, 0.15) is 11.5 Å². The van der Waals surface area contributed by atoms with Crippen LogP contribution in [0.4, 0.5) is 0 Å². The van der Waals surface area contributed by atoms with Crippen LogP contribution in [-0.2, 0) is 9.59 Å². The average molecular weight is 275 g/mol. The van der Waals surface area contributed by atoms with Gasteiger partial charge in [0.2, 0.25) is 0 Å². The molecule has 2 aliphatic carbocycles. The van der Waals surface area contributed by atoms with Gasteiger partial charge in [-0.15, -0.1) is 0 Å². The van der Waals surface area contributed by atoms with E-state index in [9.17, 15) is 9.59 Å². The molecule has 106 valence electrons. The number of hydrazone groups is 1. The zero-order valence-corrected chi connectivity index (χ0v) is 11.3. The van der Waals surface area contributed by atoms with Crippen molar-refractivity contribution < 1.29 is 14.0 Å². The van der Waals surface area contributed by atoms with E-state index in [2.05, 4.69) is 22.8 Å². The molecule has 0 aromatic carbocycles. The Kier molecular flexibility index (Phi) is 3.30. The molecule has 2 N–H and O–H groups in total. The lowest BCUT2D eigenvalue weighted by atomic mass is 10.3. The molecule has 0 radical (unpaired) electrons. The number of rotatable bonds is 4. The molecule has 2 atom stereocenters. The van der Waals surface area contributed by atoms with E-state index in [0.29, 0.717) is 17.6 Å². The molecule has 3 rings (SSSR count). The highest BCUT2D eigenvalue weighted by Crippen LogP contribution is 2.47. The van der Waals surface area contributed by atoms with Crippen molar-refractivity contribution in [2.24, 2.45) is 11.0 Å². The van der Waals surface area contributed by atoms with E-state index in [0.717, 1.165) is 25.0 Å². The van der Waals surface area contributed by atoms with Crippen LogP contribution in [-0.4, -0.2) is 24.1 Å². The van der Waals surface area contributed by atoms with Crippen LogP contribution < -0.4 is 10.7 Å². The van der Waals surface area contributed by atoms with Gasteiger partial charge in [-0.1, -0.05) is 6.92 Å². The van der Waals surface area contributed by atoms with Gasteiger partial charge in [0.15, 0.2) is 0 Å². The third kappa shape index (κ3) is 3.07. The molecule has 2 amide bonds. The largest absolute Gasteiger partial charge is 0.460 e. The molecule has 0 saturated heterocycles. The summed E-state index contributed by atoms with van der Waals surface area (Å²) in [5, 5.41) is 6.31. The second-order valence-electron chi connectivity index (χ2n) is 5.51. The van der Waals surface area contributed by atoms with Crippen LogP contribution >= 0.6 is 0 Å². The predicted octanol–water partition coefficient (Wildman–Crippen LogP) is 1.13. The number of carbonyl (C=O) groups excluding carboxylic acids is 2. The Bertz CT molecular complexity index is 560. The SMILES string of the molecule is C[C@H]1C[C@@H]1c1ccc(/C=N\NC(=O)C(=O)NC2CC2)o1. The van der Waals surface area contributed by atoms with Crippen molar-refractivity contribution in [2.45, 2.75) is 38.1 Å². The molecule has 0 unspecified atom stereocenters. The van der Waals surface area contributed by atoms with Crippen LogP contribution in [0.5, 0.6) is 0 Å². The summed E-state index contributed by atoms with van der Waals surface area (Å²) in [6, 6.07) is 3.89. The Labute approximate surface area is 116 Å². The molecule has 1 heterocycles. The molecule has 6 heteroatoms. The van der Waals surface area contributed by atoms with Crippen LogP contribution in [0, 0.1) is 5.92 Å². The molecule has 6 nitrogen and oxygen atoms in total. The standard InChI is InChI=1S/C14H17N3O3/c1-8-6-11(8)12-5-4-10(20-12)7-15-17-14(19)13(18)16-9-2-3-9/h4-5,7-9,11H,2-3,6H2,1H3,(H,16,18)(H,17,19)/b15-7-/t8-,11-/m0/s1. The summed E-state index contributed by atoms with van der Waals surface area (Å²) >= 11 is 0. The van der Waals surface area contributed by atoms with E-state index in [1.165, 1.54) is 6.21 Å². The fourth-order valence-corrected chi connectivity index (χ4v) is 2.04. The lowest BCUT2D eigenvalue weighted by molar-refractivity contribution is -0.139. The normalized spacial score (nSPS) is 24.6. The molecule has 2 fully saturated rings. The second-order valence-corrected chi connectivity index (χ2v) is 5.51. The van der Waals surface area contributed by atoms with Crippen LogP contribution in [0.3, 0.4) is 0 Å². The first kappa shape index (κ1) is 12.9. The first-order chi connectivity index (χ1) is 9.63. The summed E-state index contributed by atoms with van der Waals surface area (Å²) in [5.41, 5.74) is 2.19. The van der Waals surface area contributed by atoms with Crippen LogP contribution in [0.15, 0.2) is 21.7 Å². The van der Waals surface area contributed by atoms with Crippen molar-refractivity contribution in [3.63, 3.8) is 0 Å². The van der Waals surface area contributed by atoms with E-state index in [1.54, 1.807) is 6.07 Å². The summed E-state index contributed by atoms with van der Waals surface area (Å²) in [5.74, 6) is 1.32. The van der Waals surface area contributed by atoms with Gasteiger partial charge < -0.3 is 9.73 Å². The maximum atomic E-state index is 11.4. The molecule has 1 aromatic rings. The number of nitrogens with zero attached hydrogens (tertiary/aromatic N) is 1. The summed E-state index contributed by atoms with van der Waals surface area (Å²) in [4.78, 5) is 22.7. The van der Waals surface area contributed by atoms with Crippen molar-refractivity contribution in [1.82, 2.24) is 10.7 Å². The summed E-state index contributed by atoms with van der Waals surface area (Å²) < 4.78 is 5.59. The van der Waals surface area contributed by atoms with Gasteiger partial charge in [-0.05, 0) is 37.3 Å². The molecular formula is C14H17N3O3. The van der Waals surface area contributed by atoms with Gasteiger partial charge in [0, 0.05) is 12.0 Å². The Morgan fingerprint density at radius 2 is 2.10 bits per heavy atom. The molecule has 0 aliphatic heterocycles. The van der Waals surface area contributed by atoms with Crippen LogP contribution in [0.25, 0.3) is 0 Å². The van der Waals surface area contributed by atoms with E-state index < -0.39 is 11.8 Å². The van der Waals surface area contributed by atoms with Crippen LogP contribution in [0.2, 0.25) is 0 Å². The number of nitrogens with one attached hydrogen (secondary N) is 2. The highest BCUT2D eigenvalue weighted by Gasteiger charge is 2.36. The fraction of sp³-hybridized carbons (Fsp3) is 0.500. The van der Waals surface area contributed by atoms with Crippen molar-refractivity contribution in [1.29, 1.82) is 0 Å². The van der Waals surface area contributed by atoms with E-state index in [4.69, 9.17) is 4.42 Å². The maximum Gasteiger partial charge on any atom is 0.329 e. The zero-order valence-electron chi connectivity index (χ0n) is 11.3.